The van der Waals surface area contributed by atoms with E-state index in [4.69, 9.17) is 0 Å². The van der Waals surface area contributed by atoms with Crippen LogP contribution in [0.25, 0.3) is 0 Å². The minimum absolute atomic E-state index is 0.0635. The van der Waals surface area contributed by atoms with E-state index >= 15 is 0 Å². The minimum Gasteiger partial charge on any atom is -0.494 e. The molecule has 0 fully saturated rings. The summed E-state index contributed by atoms with van der Waals surface area (Å²) in [6.45, 7) is 11.8. The molecule has 3 N–H and O–H groups in total. The van der Waals surface area contributed by atoms with E-state index in [1.54, 1.807) is 0 Å². The molecule has 0 bridgehead atoms. The quantitative estimate of drug-likeness (QED) is 0.314. The molecule has 1 aromatic heterocycles. The number of nitrogens with zero attached hydrogens (tertiary/aromatic N) is 3. The van der Waals surface area contributed by atoms with Crippen molar-refractivity contribution in [3.8, 4) is 5.88 Å². The van der Waals surface area contributed by atoms with Crippen molar-refractivity contribution in [3.05, 3.63) is 26.4 Å². The van der Waals surface area contributed by atoms with Crippen LogP contribution in [0.15, 0.2) is 14.7 Å². The standard InChI is InChI=1S/C17H31N5O3/c1-5-9-11-22-16(24)14(15(23)19-17(22)25)13(6-2)20-18-10-12-21(7-3)8-4/h18,24H,5-12H2,1-4H3,(H,19,23,25)/b20-13+. The number of aromatic nitrogens is 2. The summed E-state index contributed by atoms with van der Waals surface area (Å²) < 4.78 is 1.20. The van der Waals surface area contributed by atoms with Gasteiger partial charge in [-0.15, -0.1) is 0 Å². The van der Waals surface area contributed by atoms with Crippen molar-refractivity contribution in [1.82, 2.24) is 19.9 Å². The van der Waals surface area contributed by atoms with E-state index < -0.39 is 11.2 Å². The number of aromatic hydroxyl groups is 1. The van der Waals surface area contributed by atoms with E-state index in [1.165, 1.54) is 4.57 Å². The van der Waals surface area contributed by atoms with Crippen LogP contribution in [0.4, 0.5) is 0 Å². The van der Waals surface area contributed by atoms with Crippen LogP contribution in [0, 0.1) is 0 Å². The van der Waals surface area contributed by atoms with Crippen molar-refractivity contribution < 1.29 is 5.11 Å². The van der Waals surface area contributed by atoms with Gasteiger partial charge in [0, 0.05) is 19.6 Å². The Morgan fingerprint density at radius 2 is 1.92 bits per heavy atom. The lowest BCUT2D eigenvalue weighted by Gasteiger charge is -2.17. The van der Waals surface area contributed by atoms with Gasteiger partial charge in [0.25, 0.3) is 5.56 Å². The van der Waals surface area contributed by atoms with Crippen LogP contribution in [0.2, 0.25) is 0 Å². The Balaban J connectivity index is 3.03. The van der Waals surface area contributed by atoms with Gasteiger partial charge in [-0.05, 0) is 25.9 Å². The summed E-state index contributed by atoms with van der Waals surface area (Å²) in [6.07, 6.45) is 2.07. The second-order valence-corrected chi connectivity index (χ2v) is 5.81. The second-order valence-electron chi connectivity index (χ2n) is 5.81. The summed E-state index contributed by atoms with van der Waals surface area (Å²) in [5.74, 6) is -0.312. The molecule has 0 aliphatic rings. The Morgan fingerprint density at radius 3 is 2.48 bits per heavy atom. The fraction of sp³-hybridized carbons (Fsp3) is 0.706. The van der Waals surface area contributed by atoms with Gasteiger partial charge in [0.05, 0.1) is 5.71 Å². The van der Waals surface area contributed by atoms with Crippen molar-refractivity contribution in [1.29, 1.82) is 0 Å². The van der Waals surface area contributed by atoms with Crippen molar-refractivity contribution in [2.45, 2.75) is 53.5 Å². The zero-order valence-corrected chi connectivity index (χ0v) is 15.8. The third-order valence-corrected chi connectivity index (χ3v) is 4.18. The predicted octanol–water partition coefficient (Wildman–Crippen LogP) is 1.09. The fourth-order valence-corrected chi connectivity index (χ4v) is 2.55. The molecule has 0 aliphatic heterocycles. The lowest BCUT2D eigenvalue weighted by molar-refractivity contribution is 0.303. The normalized spacial score (nSPS) is 12.0. The minimum atomic E-state index is -0.610. The first-order valence-electron chi connectivity index (χ1n) is 9.08. The Bertz CT molecular complexity index is 674. The largest absolute Gasteiger partial charge is 0.494 e. The maximum absolute atomic E-state index is 12.2. The average Bonchev–Trinajstić information content (AvgIpc) is 2.59. The highest BCUT2D eigenvalue weighted by Crippen LogP contribution is 2.13. The molecule has 142 valence electrons. The number of hydrogen-bond donors (Lipinski definition) is 3. The molecular weight excluding hydrogens is 322 g/mol. The highest BCUT2D eigenvalue weighted by Gasteiger charge is 2.18. The zero-order valence-electron chi connectivity index (χ0n) is 15.8. The van der Waals surface area contributed by atoms with Crippen molar-refractivity contribution in [3.63, 3.8) is 0 Å². The maximum Gasteiger partial charge on any atom is 0.331 e. The fourth-order valence-electron chi connectivity index (χ4n) is 2.55. The number of hydrogen-bond acceptors (Lipinski definition) is 6. The molecule has 0 saturated heterocycles. The summed E-state index contributed by atoms with van der Waals surface area (Å²) in [5.41, 5.74) is 2.26. The second kappa shape index (κ2) is 10.7. The summed E-state index contributed by atoms with van der Waals surface area (Å²) in [5, 5.41) is 14.7. The molecule has 0 amide bonds. The number of aromatic amines is 1. The lowest BCUT2D eigenvalue weighted by atomic mass is 10.1. The topological polar surface area (TPSA) is 103 Å². The molecule has 0 atom stereocenters. The molecule has 0 saturated carbocycles. The van der Waals surface area contributed by atoms with E-state index in [0.29, 0.717) is 25.2 Å². The van der Waals surface area contributed by atoms with Gasteiger partial charge < -0.3 is 15.4 Å². The van der Waals surface area contributed by atoms with E-state index in [-0.39, 0.29) is 11.4 Å². The van der Waals surface area contributed by atoms with Gasteiger partial charge in [-0.25, -0.2) is 4.79 Å². The molecule has 0 aliphatic carbocycles. The van der Waals surface area contributed by atoms with Crippen molar-refractivity contribution in [2.75, 3.05) is 26.2 Å². The number of H-pyrrole nitrogens is 1. The van der Waals surface area contributed by atoms with E-state index in [0.717, 1.165) is 32.5 Å². The summed E-state index contributed by atoms with van der Waals surface area (Å²) in [7, 11) is 0. The molecule has 8 heteroatoms. The molecule has 1 heterocycles. The molecule has 1 aromatic rings. The number of hydrazone groups is 1. The Morgan fingerprint density at radius 1 is 1.24 bits per heavy atom. The number of nitrogens with one attached hydrogen (secondary N) is 2. The van der Waals surface area contributed by atoms with Crippen molar-refractivity contribution >= 4 is 5.71 Å². The molecule has 0 aromatic carbocycles. The van der Waals surface area contributed by atoms with Crippen LogP contribution >= 0.6 is 0 Å². The van der Waals surface area contributed by atoms with Crippen LogP contribution < -0.4 is 16.7 Å². The van der Waals surface area contributed by atoms with Crippen LogP contribution in [0.5, 0.6) is 5.88 Å². The number of likely N-dealkylation sites (N-methyl/N-ethyl adjacent to an activating group) is 1. The van der Waals surface area contributed by atoms with Crippen LogP contribution in [0.1, 0.15) is 52.5 Å². The van der Waals surface area contributed by atoms with E-state index in [2.05, 4.69) is 34.3 Å². The molecule has 0 unspecified atom stereocenters. The highest BCUT2D eigenvalue weighted by atomic mass is 16.3. The number of rotatable bonds is 11. The average molecular weight is 353 g/mol. The first kappa shape index (κ1) is 21.0. The summed E-state index contributed by atoms with van der Waals surface area (Å²) >= 11 is 0. The van der Waals surface area contributed by atoms with Gasteiger partial charge in [0.2, 0.25) is 5.88 Å². The molecular formula is C17H31N5O3. The first-order valence-corrected chi connectivity index (χ1v) is 9.08. The Hall–Kier alpha value is -2.09. The van der Waals surface area contributed by atoms with Gasteiger partial charge >= 0.3 is 5.69 Å². The van der Waals surface area contributed by atoms with Gasteiger partial charge in [0.1, 0.15) is 5.56 Å². The Labute approximate surface area is 148 Å². The SMILES string of the molecule is CCCCn1c(O)c(/C(CC)=N/NCCN(CC)CC)c(=O)[nH]c1=O. The third-order valence-electron chi connectivity index (χ3n) is 4.18. The highest BCUT2D eigenvalue weighted by molar-refractivity contribution is 6.01. The molecule has 8 nitrogen and oxygen atoms in total. The Kier molecular flexibility index (Phi) is 8.98. The molecule has 25 heavy (non-hydrogen) atoms. The predicted molar refractivity (Wildman–Crippen MR) is 101 cm³/mol. The molecule has 0 radical (unpaired) electrons. The molecule has 1 rings (SSSR count). The lowest BCUT2D eigenvalue weighted by Crippen LogP contribution is -2.35. The number of unbranched alkanes of at least 4 members (excludes halogenated alkanes) is 1. The summed E-state index contributed by atoms with van der Waals surface area (Å²) in [4.78, 5) is 28.6. The van der Waals surface area contributed by atoms with Crippen molar-refractivity contribution in [2.24, 2.45) is 5.10 Å². The molecule has 0 spiro atoms. The van der Waals surface area contributed by atoms with Crippen LogP contribution in [-0.4, -0.2) is 51.4 Å². The van der Waals surface area contributed by atoms with Gasteiger partial charge in [-0.1, -0.05) is 34.1 Å². The monoisotopic (exact) mass is 353 g/mol. The van der Waals surface area contributed by atoms with Crippen LogP contribution in [-0.2, 0) is 6.54 Å². The van der Waals surface area contributed by atoms with Gasteiger partial charge in [-0.3, -0.25) is 14.3 Å². The third kappa shape index (κ3) is 5.74. The maximum atomic E-state index is 12.2. The van der Waals surface area contributed by atoms with E-state index in [1.807, 2.05) is 13.8 Å². The van der Waals surface area contributed by atoms with Gasteiger partial charge in [-0.2, -0.15) is 5.10 Å². The summed E-state index contributed by atoms with van der Waals surface area (Å²) in [6, 6.07) is 0. The van der Waals surface area contributed by atoms with Gasteiger partial charge in [0.15, 0.2) is 0 Å². The zero-order chi connectivity index (χ0) is 18.8. The first-order chi connectivity index (χ1) is 12.0. The van der Waals surface area contributed by atoms with Crippen LogP contribution in [0.3, 0.4) is 0 Å². The smallest absolute Gasteiger partial charge is 0.331 e. The van der Waals surface area contributed by atoms with E-state index in [9.17, 15) is 14.7 Å².